The molecule has 20 heavy (non-hydrogen) atoms. The van der Waals surface area contributed by atoms with Crippen LogP contribution >= 0.6 is 11.6 Å². The van der Waals surface area contributed by atoms with E-state index in [0.717, 1.165) is 17.9 Å². The zero-order chi connectivity index (χ0) is 15.0. The second kappa shape index (κ2) is 5.67. The van der Waals surface area contributed by atoms with Gasteiger partial charge in [0.25, 0.3) is 0 Å². The minimum absolute atomic E-state index is 0.166. The minimum Gasteiger partial charge on any atom is -0.307 e. The molecule has 0 radical (unpaired) electrons. The largest absolute Gasteiger partial charge is 0.307 e. The molecule has 0 spiro atoms. The Labute approximate surface area is 128 Å². The first kappa shape index (κ1) is 15.8. The maximum Gasteiger partial charge on any atom is 0.0453 e. The van der Waals surface area contributed by atoms with Crippen molar-refractivity contribution in [2.24, 2.45) is 0 Å². The fourth-order valence-electron chi connectivity index (χ4n) is 3.71. The highest BCUT2D eigenvalue weighted by Crippen LogP contribution is 2.31. The van der Waals surface area contributed by atoms with Crippen LogP contribution < -0.4 is 10.6 Å². The number of hydrogen-bond donors (Lipinski definition) is 2. The highest BCUT2D eigenvalue weighted by Gasteiger charge is 2.37. The summed E-state index contributed by atoms with van der Waals surface area (Å²) in [5.41, 5.74) is 1.52. The summed E-state index contributed by atoms with van der Waals surface area (Å²) in [7, 11) is 0. The van der Waals surface area contributed by atoms with Crippen LogP contribution in [-0.2, 0) is 0 Å². The maximum absolute atomic E-state index is 6.30. The van der Waals surface area contributed by atoms with Gasteiger partial charge in [-0.15, -0.1) is 0 Å². The van der Waals surface area contributed by atoms with Crippen molar-refractivity contribution in [2.45, 2.75) is 70.6 Å². The first-order valence-corrected chi connectivity index (χ1v) is 7.86. The van der Waals surface area contributed by atoms with Crippen LogP contribution in [0.4, 0.5) is 0 Å². The van der Waals surface area contributed by atoms with Crippen LogP contribution in [0.1, 0.15) is 59.1 Å². The first-order valence-electron chi connectivity index (χ1n) is 7.48. The van der Waals surface area contributed by atoms with Crippen LogP contribution in [0, 0.1) is 0 Å². The fourth-order valence-corrected chi connectivity index (χ4v) is 4.01. The van der Waals surface area contributed by atoms with Crippen LogP contribution in [0.2, 0.25) is 5.02 Å². The Morgan fingerprint density at radius 2 is 1.70 bits per heavy atom. The summed E-state index contributed by atoms with van der Waals surface area (Å²) >= 11 is 6.30. The van der Waals surface area contributed by atoms with Crippen molar-refractivity contribution in [3.8, 4) is 0 Å². The number of rotatable bonds is 3. The van der Waals surface area contributed by atoms with Gasteiger partial charge in [0.1, 0.15) is 0 Å². The Morgan fingerprint density at radius 1 is 1.15 bits per heavy atom. The minimum atomic E-state index is 0.166. The summed E-state index contributed by atoms with van der Waals surface area (Å²) in [5, 5.41) is 8.33. The molecule has 1 fully saturated rings. The van der Waals surface area contributed by atoms with Gasteiger partial charge in [0, 0.05) is 28.2 Å². The molecule has 0 aliphatic carbocycles. The monoisotopic (exact) mass is 294 g/mol. The SMILES string of the molecule is CC(NC1CC(C)(C)NC(C)(C)C1)c1ccccc1Cl. The molecule has 1 saturated heterocycles. The molecule has 1 unspecified atom stereocenters. The van der Waals surface area contributed by atoms with E-state index >= 15 is 0 Å². The molecule has 1 aromatic carbocycles. The van der Waals surface area contributed by atoms with Gasteiger partial charge in [0.2, 0.25) is 0 Å². The van der Waals surface area contributed by atoms with Crippen LogP contribution in [0.3, 0.4) is 0 Å². The summed E-state index contributed by atoms with van der Waals surface area (Å²) in [5.74, 6) is 0. The van der Waals surface area contributed by atoms with Gasteiger partial charge in [-0.2, -0.15) is 0 Å². The lowest BCUT2D eigenvalue weighted by Crippen LogP contribution is -2.61. The molecule has 3 heteroatoms. The predicted octanol–water partition coefficient (Wildman–Crippen LogP) is 4.30. The van der Waals surface area contributed by atoms with Gasteiger partial charge in [-0.25, -0.2) is 0 Å². The van der Waals surface area contributed by atoms with Gasteiger partial charge < -0.3 is 10.6 Å². The Kier molecular flexibility index (Phi) is 4.48. The molecule has 1 aliphatic rings. The second-order valence-electron chi connectivity index (χ2n) is 7.41. The van der Waals surface area contributed by atoms with Gasteiger partial charge in [-0.05, 0) is 59.1 Å². The Hall–Kier alpha value is -0.570. The van der Waals surface area contributed by atoms with Gasteiger partial charge >= 0.3 is 0 Å². The smallest absolute Gasteiger partial charge is 0.0453 e. The van der Waals surface area contributed by atoms with E-state index in [9.17, 15) is 0 Å². The Balaban J connectivity index is 2.08. The molecule has 2 rings (SSSR count). The molecule has 2 nitrogen and oxygen atoms in total. The molecule has 112 valence electrons. The van der Waals surface area contributed by atoms with Gasteiger partial charge in [-0.1, -0.05) is 29.8 Å². The fraction of sp³-hybridized carbons (Fsp3) is 0.647. The lowest BCUT2D eigenvalue weighted by molar-refractivity contribution is 0.141. The van der Waals surface area contributed by atoms with Gasteiger partial charge in [0.15, 0.2) is 0 Å². The molecule has 1 atom stereocenters. The number of halogens is 1. The van der Waals surface area contributed by atoms with Crippen LogP contribution in [-0.4, -0.2) is 17.1 Å². The summed E-state index contributed by atoms with van der Waals surface area (Å²) in [6, 6.07) is 8.89. The molecule has 0 bridgehead atoms. The maximum atomic E-state index is 6.30. The van der Waals surface area contributed by atoms with Crippen LogP contribution in [0.5, 0.6) is 0 Å². The third-order valence-corrected chi connectivity index (χ3v) is 4.39. The molecule has 1 heterocycles. The van der Waals surface area contributed by atoms with Crippen molar-refractivity contribution < 1.29 is 0 Å². The molecule has 2 N–H and O–H groups in total. The van der Waals surface area contributed by atoms with Crippen LogP contribution in [0.25, 0.3) is 0 Å². The topological polar surface area (TPSA) is 24.1 Å². The van der Waals surface area contributed by atoms with Crippen molar-refractivity contribution in [2.75, 3.05) is 0 Å². The first-order chi connectivity index (χ1) is 9.19. The van der Waals surface area contributed by atoms with Gasteiger partial charge in [0.05, 0.1) is 0 Å². The molecule has 1 aromatic rings. The summed E-state index contributed by atoms with van der Waals surface area (Å²) in [4.78, 5) is 0. The van der Waals surface area contributed by atoms with Gasteiger partial charge in [-0.3, -0.25) is 0 Å². The quantitative estimate of drug-likeness (QED) is 0.868. The van der Waals surface area contributed by atoms with E-state index in [1.807, 2.05) is 12.1 Å². The second-order valence-corrected chi connectivity index (χ2v) is 7.82. The number of nitrogens with one attached hydrogen (secondary N) is 2. The highest BCUT2D eigenvalue weighted by atomic mass is 35.5. The van der Waals surface area contributed by atoms with Crippen molar-refractivity contribution in [1.82, 2.24) is 10.6 Å². The molecular formula is C17H27ClN2. The zero-order valence-electron chi connectivity index (χ0n) is 13.3. The molecule has 1 aliphatic heterocycles. The molecular weight excluding hydrogens is 268 g/mol. The van der Waals surface area contributed by atoms with E-state index in [0.29, 0.717) is 6.04 Å². The lowest BCUT2D eigenvalue weighted by Gasteiger charge is -2.47. The molecule has 0 saturated carbocycles. The summed E-state index contributed by atoms with van der Waals surface area (Å²) in [6.07, 6.45) is 2.26. The van der Waals surface area contributed by atoms with Crippen molar-refractivity contribution >= 4 is 11.6 Å². The standard InChI is InChI=1S/C17H27ClN2/c1-12(14-8-6-7-9-15(14)18)19-13-10-16(2,3)20-17(4,5)11-13/h6-9,12-13,19-20H,10-11H2,1-5H3. The van der Waals surface area contributed by atoms with Crippen molar-refractivity contribution in [3.63, 3.8) is 0 Å². The van der Waals surface area contributed by atoms with Crippen molar-refractivity contribution in [3.05, 3.63) is 34.9 Å². The molecule has 0 aromatic heterocycles. The Bertz CT molecular complexity index is 452. The molecule has 0 amide bonds. The van der Waals surface area contributed by atoms with E-state index in [1.54, 1.807) is 0 Å². The van der Waals surface area contributed by atoms with E-state index < -0.39 is 0 Å². The number of hydrogen-bond acceptors (Lipinski definition) is 2. The van der Waals surface area contributed by atoms with E-state index in [-0.39, 0.29) is 17.1 Å². The zero-order valence-corrected chi connectivity index (χ0v) is 14.0. The highest BCUT2D eigenvalue weighted by molar-refractivity contribution is 6.31. The van der Waals surface area contributed by atoms with E-state index in [1.165, 1.54) is 5.56 Å². The predicted molar refractivity (Wildman–Crippen MR) is 87.3 cm³/mol. The van der Waals surface area contributed by atoms with E-state index in [2.05, 4.69) is 57.4 Å². The summed E-state index contributed by atoms with van der Waals surface area (Å²) < 4.78 is 0. The Morgan fingerprint density at radius 3 is 2.25 bits per heavy atom. The summed E-state index contributed by atoms with van der Waals surface area (Å²) in [6.45, 7) is 11.3. The number of piperidine rings is 1. The van der Waals surface area contributed by atoms with E-state index in [4.69, 9.17) is 11.6 Å². The normalized spacial score (nSPS) is 23.5. The third kappa shape index (κ3) is 3.97. The average molecular weight is 295 g/mol. The average Bonchev–Trinajstić information content (AvgIpc) is 2.24. The third-order valence-electron chi connectivity index (χ3n) is 4.05. The lowest BCUT2D eigenvalue weighted by atomic mass is 9.79. The van der Waals surface area contributed by atoms with Crippen molar-refractivity contribution in [1.29, 1.82) is 0 Å². The van der Waals surface area contributed by atoms with Crippen LogP contribution in [0.15, 0.2) is 24.3 Å². The number of benzene rings is 1.